The molecule has 0 amide bonds. The molecule has 0 aliphatic heterocycles. The molecule has 0 aromatic heterocycles. The summed E-state index contributed by atoms with van der Waals surface area (Å²) in [5.74, 6) is -1.86. The number of halogens is 1. The maximum absolute atomic E-state index is 13.9. The second kappa shape index (κ2) is 6.03. The highest BCUT2D eigenvalue weighted by molar-refractivity contribution is 6.37. The molecule has 0 heterocycles. The molecule has 0 aliphatic rings. The molecular formula is C15H21FN2O2. The van der Waals surface area contributed by atoms with Crippen molar-refractivity contribution in [1.29, 1.82) is 5.41 Å². The molecule has 5 heteroatoms. The van der Waals surface area contributed by atoms with Crippen molar-refractivity contribution >= 4 is 17.4 Å². The highest BCUT2D eigenvalue weighted by Gasteiger charge is 2.28. The molecule has 1 aromatic carbocycles. The summed E-state index contributed by atoms with van der Waals surface area (Å²) in [6, 6.07) is 4.27. The molecule has 1 atom stereocenters. The van der Waals surface area contributed by atoms with Crippen LogP contribution in [0.3, 0.4) is 0 Å². The second-order valence-corrected chi connectivity index (χ2v) is 5.66. The molecule has 0 radical (unpaired) electrons. The number of ether oxygens (including phenoxy) is 1. The van der Waals surface area contributed by atoms with Crippen LogP contribution in [0.25, 0.3) is 0 Å². The standard InChI is InChI=1S/C15H21FN2O2/c1-5-10(11-7-6-9(17)8-12(11)16)13(18)14(19)20-15(2,3)4/h6-8,10,18H,5,17H2,1-4H3. The molecule has 20 heavy (non-hydrogen) atoms. The Labute approximate surface area is 118 Å². The predicted molar refractivity (Wildman–Crippen MR) is 77.4 cm³/mol. The number of esters is 1. The van der Waals surface area contributed by atoms with Crippen molar-refractivity contribution < 1.29 is 13.9 Å². The van der Waals surface area contributed by atoms with Gasteiger partial charge in [0.05, 0.1) is 0 Å². The molecule has 3 N–H and O–H groups in total. The van der Waals surface area contributed by atoms with Crippen LogP contribution in [0.2, 0.25) is 0 Å². The molecule has 1 unspecified atom stereocenters. The molecule has 0 spiro atoms. The molecule has 0 saturated heterocycles. The summed E-state index contributed by atoms with van der Waals surface area (Å²) in [5.41, 5.74) is 5.18. The van der Waals surface area contributed by atoms with Crippen LogP contribution >= 0.6 is 0 Å². The van der Waals surface area contributed by atoms with E-state index in [1.54, 1.807) is 33.8 Å². The van der Waals surface area contributed by atoms with Gasteiger partial charge in [0, 0.05) is 11.6 Å². The second-order valence-electron chi connectivity index (χ2n) is 5.66. The zero-order valence-electron chi connectivity index (χ0n) is 12.3. The lowest BCUT2D eigenvalue weighted by Gasteiger charge is -2.22. The molecule has 1 rings (SSSR count). The van der Waals surface area contributed by atoms with Gasteiger partial charge in [0.15, 0.2) is 0 Å². The first-order valence-electron chi connectivity index (χ1n) is 6.52. The first kappa shape index (κ1) is 16.1. The number of carbonyl (C=O) groups excluding carboxylic acids is 1. The Morgan fingerprint density at radius 2 is 2.05 bits per heavy atom. The molecule has 0 fully saturated rings. The number of benzene rings is 1. The van der Waals surface area contributed by atoms with Crippen molar-refractivity contribution in [3.05, 3.63) is 29.6 Å². The Kier molecular flexibility index (Phi) is 4.87. The van der Waals surface area contributed by atoms with Crippen LogP contribution in [0.1, 0.15) is 45.6 Å². The average Bonchev–Trinajstić information content (AvgIpc) is 2.30. The molecule has 4 nitrogen and oxygen atoms in total. The SMILES string of the molecule is CCC(C(=N)C(=O)OC(C)(C)C)c1ccc(N)cc1F. The first-order chi connectivity index (χ1) is 9.15. The molecule has 1 aromatic rings. The number of rotatable bonds is 4. The van der Waals surface area contributed by atoms with E-state index in [9.17, 15) is 9.18 Å². The van der Waals surface area contributed by atoms with Crippen molar-refractivity contribution in [3.63, 3.8) is 0 Å². The lowest BCUT2D eigenvalue weighted by Crippen LogP contribution is -2.31. The molecule has 0 saturated carbocycles. The first-order valence-corrected chi connectivity index (χ1v) is 6.52. The van der Waals surface area contributed by atoms with Gasteiger partial charge in [-0.15, -0.1) is 0 Å². The third-order valence-corrected chi connectivity index (χ3v) is 2.78. The summed E-state index contributed by atoms with van der Waals surface area (Å²) >= 11 is 0. The number of hydrogen-bond donors (Lipinski definition) is 2. The van der Waals surface area contributed by atoms with Crippen molar-refractivity contribution in [3.8, 4) is 0 Å². The van der Waals surface area contributed by atoms with Crippen molar-refractivity contribution in [2.24, 2.45) is 0 Å². The molecule has 0 bridgehead atoms. The summed E-state index contributed by atoms with van der Waals surface area (Å²) in [6.07, 6.45) is 0.429. The van der Waals surface area contributed by atoms with Crippen molar-refractivity contribution in [2.75, 3.05) is 5.73 Å². The Morgan fingerprint density at radius 1 is 1.45 bits per heavy atom. The van der Waals surface area contributed by atoms with Gasteiger partial charge >= 0.3 is 5.97 Å². The number of nitrogens with two attached hydrogens (primary N) is 1. The fraction of sp³-hybridized carbons (Fsp3) is 0.467. The minimum atomic E-state index is -0.722. The monoisotopic (exact) mass is 280 g/mol. The quantitative estimate of drug-likeness (QED) is 0.505. The van der Waals surface area contributed by atoms with Crippen LogP contribution in [-0.2, 0) is 9.53 Å². The van der Waals surface area contributed by atoms with Crippen LogP contribution in [0, 0.1) is 11.2 Å². The van der Waals surface area contributed by atoms with E-state index >= 15 is 0 Å². The predicted octanol–water partition coefficient (Wildman–Crippen LogP) is 3.26. The van der Waals surface area contributed by atoms with Gasteiger partial charge in [-0.1, -0.05) is 13.0 Å². The summed E-state index contributed by atoms with van der Waals surface area (Å²) in [6.45, 7) is 6.97. The fourth-order valence-corrected chi connectivity index (χ4v) is 1.88. The highest BCUT2D eigenvalue weighted by atomic mass is 19.1. The number of carbonyl (C=O) groups is 1. The molecule has 110 valence electrons. The van der Waals surface area contributed by atoms with Crippen molar-refractivity contribution in [2.45, 2.75) is 45.6 Å². The van der Waals surface area contributed by atoms with E-state index in [-0.39, 0.29) is 11.3 Å². The third-order valence-electron chi connectivity index (χ3n) is 2.78. The van der Waals surface area contributed by atoms with Gasteiger partial charge in [-0.3, -0.25) is 5.41 Å². The van der Waals surface area contributed by atoms with E-state index in [0.29, 0.717) is 12.1 Å². The van der Waals surface area contributed by atoms with Gasteiger partial charge in [0.2, 0.25) is 0 Å². The number of anilines is 1. The lowest BCUT2D eigenvalue weighted by atomic mass is 9.91. The zero-order chi connectivity index (χ0) is 15.5. The van der Waals surface area contributed by atoms with Gasteiger partial charge in [-0.05, 0) is 44.9 Å². The number of nitrogens with one attached hydrogen (secondary N) is 1. The maximum atomic E-state index is 13.9. The molecular weight excluding hydrogens is 259 g/mol. The Balaban J connectivity index is 3.01. The van der Waals surface area contributed by atoms with Crippen LogP contribution in [0.5, 0.6) is 0 Å². The third kappa shape index (κ3) is 4.05. The smallest absolute Gasteiger partial charge is 0.353 e. The van der Waals surface area contributed by atoms with E-state index in [1.165, 1.54) is 12.1 Å². The summed E-state index contributed by atoms with van der Waals surface area (Å²) < 4.78 is 19.1. The summed E-state index contributed by atoms with van der Waals surface area (Å²) in [5, 5.41) is 7.95. The zero-order valence-corrected chi connectivity index (χ0v) is 12.3. The Morgan fingerprint density at radius 3 is 2.50 bits per heavy atom. The van der Waals surface area contributed by atoms with Crippen LogP contribution < -0.4 is 5.73 Å². The summed E-state index contributed by atoms with van der Waals surface area (Å²) in [7, 11) is 0. The minimum absolute atomic E-state index is 0.244. The van der Waals surface area contributed by atoms with Gasteiger partial charge < -0.3 is 10.5 Å². The fourth-order valence-electron chi connectivity index (χ4n) is 1.88. The van der Waals surface area contributed by atoms with Gasteiger partial charge in [-0.25, -0.2) is 9.18 Å². The van der Waals surface area contributed by atoms with Gasteiger partial charge in [0.1, 0.15) is 17.1 Å². The molecule has 0 aliphatic carbocycles. The number of hydrogen-bond acceptors (Lipinski definition) is 4. The van der Waals surface area contributed by atoms with Crippen LogP contribution in [0.15, 0.2) is 18.2 Å². The highest BCUT2D eigenvalue weighted by Crippen LogP contribution is 2.26. The maximum Gasteiger partial charge on any atom is 0.353 e. The Hall–Kier alpha value is -1.91. The Bertz CT molecular complexity index is 521. The minimum Gasteiger partial charge on any atom is -0.455 e. The average molecular weight is 280 g/mol. The van der Waals surface area contributed by atoms with Crippen molar-refractivity contribution in [1.82, 2.24) is 0 Å². The normalized spacial score (nSPS) is 12.8. The van der Waals surface area contributed by atoms with E-state index < -0.39 is 23.3 Å². The van der Waals surface area contributed by atoms with Crippen LogP contribution in [0.4, 0.5) is 10.1 Å². The van der Waals surface area contributed by atoms with E-state index in [2.05, 4.69) is 0 Å². The lowest BCUT2D eigenvalue weighted by molar-refractivity contribution is -0.146. The van der Waals surface area contributed by atoms with Gasteiger partial charge in [-0.2, -0.15) is 0 Å². The van der Waals surface area contributed by atoms with E-state index in [1.807, 2.05) is 0 Å². The van der Waals surface area contributed by atoms with E-state index in [4.69, 9.17) is 15.9 Å². The summed E-state index contributed by atoms with van der Waals surface area (Å²) in [4.78, 5) is 11.9. The largest absolute Gasteiger partial charge is 0.455 e. The number of nitrogen functional groups attached to an aromatic ring is 1. The topological polar surface area (TPSA) is 76.2 Å². The van der Waals surface area contributed by atoms with Gasteiger partial charge in [0.25, 0.3) is 0 Å². The van der Waals surface area contributed by atoms with Crippen LogP contribution in [-0.4, -0.2) is 17.3 Å². The van der Waals surface area contributed by atoms with E-state index in [0.717, 1.165) is 0 Å².